The lowest BCUT2D eigenvalue weighted by Gasteiger charge is -2.47. The van der Waals surface area contributed by atoms with E-state index >= 15 is 0 Å². The highest BCUT2D eigenvalue weighted by atomic mass is 32.2. The lowest BCUT2D eigenvalue weighted by molar-refractivity contribution is -0.161. The fourth-order valence-electron chi connectivity index (χ4n) is 4.06. The number of aromatic amines is 1. The molecule has 0 bridgehead atoms. The van der Waals surface area contributed by atoms with Gasteiger partial charge in [-0.25, -0.2) is 5.10 Å². The first kappa shape index (κ1) is 16.2. The summed E-state index contributed by atoms with van der Waals surface area (Å²) in [7, 11) is 0. The number of nitrogens with zero attached hydrogens (tertiary/aromatic N) is 5. The van der Waals surface area contributed by atoms with Crippen LogP contribution in [0, 0.1) is 0 Å². The lowest BCUT2D eigenvalue weighted by Crippen LogP contribution is -2.68. The van der Waals surface area contributed by atoms with Crippen molar-refractivity contribution < 1.29 is 9.59 Å². The second-order valence-electron chi connectivity index (χ2n) is 7.15. The van der Waals surface area contributed by atoms with Gasteiger partial charge in [0, 0.05) is 4.75 Å². The minimum absolute atomic E-state index is 0.0374. The van der Waals surface area contributed by atoms with Crippen LogP contribution in [-0.2, 0) is 9.59 Å². The maximum absolute atomic E-state index is 13.0. The monoisotopic (exact) mass is 391 g/mol. The largest absolute Gasteiger partial charge is 0.314 e. The van der Waals surface area contributed by atoms with Gasteiger partial charge in [0.1, 0.15) is 23.5 Å². The SMILES string of the molecule is CC1(C)S[C@@H]2C(N3CNC(c4ccsc4)C3=O)C(=O)N2C1c1nnn[nH]1. The molecule has 4 atom stereocenters. The van der Waals surface area contributed by atoms with E-state index in [1.54, 1.807) is 28.0 Å². The Balaban J connectivity index is 1.40. The molecular formula is C15H17N7O2S2. The van der Waals surface area contributed by atoms with Crippen LogP contribution >= 0.6 is 23.1 Å². The summed E-state index contributed by atoms with van der Waals surface area (Å²) in [6, 6.07) is 0.911. The van der Waals surface area contributed by atoms with Gasteiger partial charge in [-0.2, -0.15) is 11.3 Å². The Morgan fingerprint density at radius 3 is 2.85 bits per heavy atom. The van der Waals surface area contributed by atoms with Gasteiger partial charge in [-0.1, -0.05) is 0 Å². The van der Waals surface area contributed by atoms with Gasteiger partial charge in [0.2, 0.25) is 11.8 Å². The molecule has 9 nitrogen and oxygen atoms in total. The number of β-lactam (4-membered cyclic amide) rings is 1. The van der Waals surface area contributed by atoms with Crippen LogP contribution in [0.2, 0.25) is 0 Å². The molecule has 11 heteroatoms. The van der Waals surface area contributed by atoms with Crippen molar-refractivity contribution in [1.29, 1.82) is 0 Å². The number of fused-ring (bicyclic) bond motifs is 1. The van der Waals surface area contributed by atoms with Gasteiger partial charge >= 0.3 is 0 Å². The number of tetrazole rings is 1. The predicted molar refractivity (Wildman–Crippen MR) is 94.9 cm³/mol. The summed E-state index contributed by atoms with van der Waals surface area (Å²) in [5.41, 5.74) is 0.955. The van der Waals surface area contributed by atoms with E-state index in [1.165, 1.54) is 0 Å². The molecule has 136 valence electrons. The first-order valence-corrected chi connectivity index (χ1v) is 10.1. The van der Waals surface area contributed by atoms with Crippen LogP contribution < -0.4 is 5.32 Å². The van der Waals surface area contributed by atoms with Gasteiger partial charge in [0.25, 0.3) is 0 Å². The average Bonchev–Trinajstić information content (AvgIpc) is 3.36. The zero-order valence-electron chi connectivity index (χ0n) is 14.1. The normalized spacial score (nSPS) is 32.8. The highest BCUT2D eigenvalue weighted by molar-refractivity contribution is 8.01. The van der Waals surface area contributed by atoms with Crippen molar-refractivity contribution in [3.8, 4) is 0 Å². The number of rotatable bonds is 3. The van der Waals surface area contributed by atoms with Gasteiger partial charge in [0.15, 0.2) is 5.82 Å². The van der Waals surface area contributed by atoms with Crippen LogP contribution in [-0.4, -0.2) is 65.1 Å². The van der Waals surface area contributed by atoms with Gasteiger partial charge in [-0.05, 0) is 46.7 Å². The van der Waals surface area contributed by atoms with Crippen molar-refractivity contribution in [3.05, 3.63) is 28.2 Å². The Hall–Kier alpha value is -1.98. The molecule has 0 saturated carbocycles. The summed E-state index contributed by atoms with van der Waals surface area (Å²) < 4.78 is -0.251. The van der Waals surface area contributed by atoms with Gasteiger partial charge in [-0.15, -0.1) is 16.9 Å². The van der Waals surface area contributed by atoms with Crippen molar-refractivity contribution in [1.82, 2.24) is 35.7 Å². The van der Waals surface area contributed by atoms with E-state index in [2.05, 4.69) is 39.8 Å². The van der Waals surface area contributed by atoms with E-state index in [0.29, 0.717) is 12.5 Å². The van der Waals surface area contributed by atoms with Crippen LogP contribution in [0.4, 0.5) is 0 Å². The number of carbonyl (C=O) groups excluding carboxylic acids is 2. The summed E-state index contributed by atoms with van der Waals surface area (Å²) in [4.78, 5) is 29.4. The second kappa shape index (κ2) is 5.51. The molecule has 3 unspecified atom stereocenters. The number of thioether (sulfide) groups is 1. The maximum Gasteiger partial charge on any atom is 0.250 e. The lowest BCUT2D eigenvalue weighted by atomic mass is 9.94. The predicted octanol–water partition coefficient (Wildman–Crippen LogP) is 0.495. The topological polar surface area (TPSA) is 107 Å². The van der Waals surface area contributed by atoms with E-state index in [1.807, 2.05) is 21.7 Å². The number of carbonyl (C=O) groups is 2. The molecule has 2 N–H and O–H groups in total. The highest BCUT2D eigenvalue weighted by Crippen LogP contribution is 2.57. The van der Waals surface area contributed by atoms with E-state index in [-0.39, 0.29) is 34.0 Å². The number of hydrogen-bond acceptors (Lipinski definition) is 8. The van der Waals surface area contributed by atoms with Crippen LogP contribution in [0.5, 0.6) is 0 Å². The summed E-state index contributed by atoms with van der Waals surface area (Å²) in [6.45, 7) is 4.53. The van der Waals surface area contributed by atoms with Crippen molar-refractivity contribution in [2.45, 2.75) is 42.1 Å². The summed E-state index contributed by atoms with van der Waals surface area (Å²) in [5, 5.41) is 21.2. The fraction of sp³-hybridized carbons (Fsp3) is 0.533. The Bertz CT molecular complexity index is 853. The number of aromatic nitrogens is 4. The Labute approximate surface area is 157 Å². The third-order valence-electron chi connectivity index (χ3n) is 5.24. The smallest absolute Gasteiger partial charge is 0.250 e. The molecule has 0 radical (unpaired) electrons. The van der Waals surface area contributed by atoms with Gasteiger partial charge in [0.05, 0.1) is 6.67 Å². The quantitative estimate of drug-likeness (QED) is 0.734. The van der Waals surface area contributed by atoms with E-state index in [4.69, 9.17) is 0 Å². The number of amides is 2. The number of hydrogen-bond donors (Lipinski definition) is 2. The molecule has 3 aliphatic rings. The molecule has 26 heavy (non-hydrogen) atoms. The van der Waals surface area contributed by atoms with Crippen molar-refractivity contribution in [2.75, 3.05) is 6.67 Å². The molecule has 5 rings (SSSR count). The molecule has 2 aromatic heterocycles. The molecule has 2 aromatic rings. The van der Waals surface area contributed by atoms with Gasteiger partial charge in [-0.3, -0.25) is 14.9 Å². The molecule has 0 spiro atoms. The zero-order chi connectivity index (χ0) is 18.1. The van der Waals surface area contributed by atoms with Crippen LogP contribution in [0.15, 0.2) is 16.8 Å². The fourth-order valence-corrected chi connectivity index (χ4v) is 6.46. The highest BCUT2D eigenvalue weighted by Gasteiger charge is 2.65. The molecule has 3 aliphatic heterocycles. The first-order chi connectivity index (χ1) is 12.5. The molecule has 2 amide bonds. The zero-order valence-corrected chi connectivity index (χ0v) is 15.8. The number of thiophene rings is 1. The molecule has 3 fully saturated rings. The number of H-pyrrole nitrogens is 1. The Morgan fingerprint density at radius 1 is 1.31 bits per heavy atom. The van der Waals surface area contributed by atoms with E-state index < -0.39 is 6.04 Å². The molecule has 0 aromatic carbocycles. The van der Waals surface area contributed by atoms with Crippen LogP contribution in [0.25, 0.3) is 0 Å². The van der Waals surface area contributed by atoms with Crippen molar-refractivity contribution in [3.63, 3.8) is 0 Å². The van der Waals surface area contributed by atoms with Crippen LogP contribution in [0.1, 0.15) is 37.3 Å². The third kappa shape index (κ3) is 2.10. The van der Waals surface area contributed by atoms with E-state index in [0.717, 1.165) is 5.56 Å². The average molecular weight is 391 g/mol. The minimum Gasteiger partial charge on any atom is -0.314 e. The summed E-state index contributed by atoms with van der Waals surface area (Å²) in [5.74, 6) is 0.499. The van der Waals surface area contributed by atoms with Crippen molar-refractivity contribution >= 4 is 34.9 Å². The number of nitrogens with one attached hydrogen (secondary N) is 2. The first-order valence-electron chi connectivity index (χ1n) is 8.28. The minimum atomic E-state index is -0.441. The molecule has 5 heterocycles. The molecule has 3 saturated heterocycles. The maximum atomic E-state index is 13.0. The third-order valence-corrected chi connectivity index (χ3v) is 7.50. The second-order valence-corrected chi connectivity index (χ2v) is 9.70. The van der Waals surface area contributed by atoms with E-state index in [9.17, 15) is 9.59 Å². The molecular weight excluding hydrogens is 374 g/mol. The van der Waals surface area contributed by atoms with Crippen molar-refractivity contribution in [2.24, 2.45) is 0 Å². The standard InChI is InChI=1S/C15H17N7O2S2/c1-15(2)10(11-17-19-20-18-11)22-13(24)9(14(22)26-15)21-6-16-8(12(21)23)7-3-4-25-5-7/h3-5,8-10,14,16H,6H2,1-2H3,(H,17,18,19,20)/t8?,9?,10?,14-/m1/s1. The van der Waals surface area contributed by atoms with Crippen LogP contribution in [0.3, 0.4) is 0 Å². The Kier molecular flexibility index (Phi) is 3.43. The molecule has 0 aliphatic carbocycles. The summed E-state index contributed by atoms with van der Waals surface area (Å²) >= 11 is 3.25. The van der Waals surface area contributed by atoms with Gasteiger partial charge < -0.3 is 9.80 Å². The summed E-state index contributed by atoms with van der Waals surface area (Å²) in [6.07, 6.45) is 0. The Morgan fingerprint density at radius 2 is 2.15 bits per heavy atom.